The van der Waals surface area contributed by atoms with Crippen molar-refractivity contribution >= 4 is 11.8 Å². The molecular weight excluding hydrogens is 220 g/mol. The first-order chi connectivity index (χ1) is 8.10. The summed E-state index contributed by atoms with van der Waals surface area (Å²) in [5.41, 5.74) is 2.13. The van der Waals surface area contributed by atoms with Crippen molar-refractivity contribution in [2.24, 2.45) is 5.84 Å². The number of nitrogens with one attached hydrogen (secondary N) is 2. The van der Waals surface area contributed by atoms with E-state index >= 15 is 0 Å². The first-order valence-corrected chi connectivity index (χ1v) is 6.07. The number of likely N-dealkylation sites (tertiary alicyclic amines) is 1. The number of carbonyl (C=O) groups is 2. The number of rotatable bonds is 4. The normalized spacial score (nSPS) is 22.9. The average Bonchev–Trinajstić information content (AvgIpc) is 2.37. The van der Waals surface area contributed by atoms with Crippen LogP contribution in [-0.4, -0.2) is 42.4 Å². The summed E-state index contributed by atoms with van der Waals surface area (Å²) in [5, 5.41) is 2.68. The number of piperidine rings is 1. The molecular formula is C11H22N4O2. The molecule has 1 fully saturated rings. The topological polar surface area (TPSA) is 87.5 Å². The van der Waals surface area contributed by atoms with Gasteiger partial charge in [0.2, 0.25) is 11.8 Å². The lowest BCUT2D eigenvalue weighted by atomic mass is 9.98. The predicted molar refractivity (Wildman–Crippen MR) is 64.8 cm³/mol. The molecule has 0 radical (unpaired) electrons. The fraction of sp³-hybridized carbons (Fsp3) is 0.818. The summed E-state index contributed by atoms with van der Waals surface area (Å²) in [7, 11) is 1.65. The molecule has 4 N–H and O–H groups in total. The summed E-state index contributed by atoms with van der Waals surface area (Å²) in [6, 6.07) is -0.0875. The lowest BCUT2D eigenvalue weighted by molar-refractivity contribution is -0.130. The van der Waals surface area contributed by atoms with Gasteiger partial charge in [-0.2, -0.15) is 0 Å². The van der Waals surface area contributed by atoms with Crippen molar-refractivity contribution < 1.29 is 9.59 Å². The number of hydrazine groups is 1. The third-order valence-corrected chi connectivity index (χ3v) is 3.30. The highest BCUT2D eigenvalue weighted by Crippen LogP contribution is 2.21. The van der Waals surface area contributed by atoms with Crippen LogP contribution in [0.25, 0.3) is 0 Å². The minimum absolute atomic E-state index is 0.0288. The minimum atomic E-state index is -0.196. The Hall–Kier alpha value is -1.14. The number of nitrogens with two attached hydrogens (primary N) is 1. The molecule has 6 heteroatoms. The molecule has 0 saturated carbocycles. The van der Waals surface area contributed by atoms with E-state index in [2.05, 4.69) is 15.6 Å². The molecule has 2 unspecified atom stereocenters. The standard InChI is InChI=1S/C11H22N4O2/c1-8(7-10(16)14-12)15-6-4-3-5-9(15)11(17)13-2/h8-9H,3-7,12H2,1-2H3,(H,13,17)(H,14,16). The Morgan fingerprint density at radius 1 is 1.47 bits per heavy atom. The molecule has 0 aliphatic carbocycles. The van der Waals surface area contributed by atoms with E-state index in [1.54, 1.807) is 7.05 Å². The Morgan fingerprint density at radius 2 is 2.18 bits per heavy atom. The third kappa shape index (κ3) is 3.67. The van der Waals surface area contributed by atoms with Crippen LogP contribution < -0.4 is 16.6 Å². The van der Waals surface area contributed by atoms with Crippen LogP contribution >= 0.6 is 0 Å². The summed E-state index contributed by atoms with van der Waals surface area (Å²) >= 11 is 0. The lowest BCUT2D eigenvalue weighted by Crippen LogP contribution is -2.53. The molecule has 1 heterocycles. The fourth-order valence-electron chi connectivity index (χ4n) is 2.37. The molecule has 1 saturated heterocycles. The van der Waals surface area contributed by atoms with E-state index in [-0.39, 0.29) is 23.9 Å². The van der Waals surface area contributed by atoms with Gasteiger partial charge in [0.25, 0.3) is 0 Å². The van der Waals surface area contributed by atoms with Crippen LogP contribution in [0.2, 0.25) is 0 Å². The highest BCUT2D eigenvalue weighted by atomic mass is 16.2. The lowest BCUT2D eigenvalue weighted by Gasteiger charge is -2.38. The van der Waals surface area contributed by atoms with Crippen molar-refractivity contribution in [2.75, 3.05) is 13.6 Å². The van der Waals surface area contributed by atoms with Gasteiger partial charge in [-0.05, 0) is 26.3 Å². The Balaban J connectivity index is 2.63. The van der Waals surface area contributed by atoms with Gasteiger partial charge in [-0.3, -0.25) is 19.9 Å². The molecule has 0 aromatic carbocycles. The molecule has 98 valence electrons. The molecule has 0 spiro atoms. The molecule has 1 aliphatic heterocycles. The third-order valence-electron chi connectivity index (χ3n) is 3.30. The van der Waals surface area contributed by atoms with Gasteiger partial charge in [0.1, 0.15) is 0 Å². The maximum Gasteiger partial charge on any atom is 0.237 e. The van der Waals surface area contributed by atoms with Gasteiger partial charge in [-0.15, -0.1) is 0 Å². The molecule has 17 heavy (non-hydrogen) atoms. The van der Waals surface area contributed by atoms with Crippen molar-refractivity contribution in [3.8, 4) is 0 Å². The van der Waals surface area contributed by atoms with Gasteiger partial charge < -0.3 is 5.32 Å². The second-order valence-electron chi connectivity index (χ2n) is 4.48. The molecule has 0 aromatic heterocycles. The van der Waals surface area contributed by atoms with E-state index < -0.39 is 0 Å². The van der Waals surface area contributed by atoms with Crippen molar-refractivity contribution in [1.82, 2.24) is 15.6 Å². The Bertz CT molecular complexity index is 283. The highest BCUT2D eigenvalue weighted by Gasteiger charge is 2.31. The van der Waals surface area contributed by atoms with Crippen LogP contribution in [-0.2, 0) is 9.59 Å². The first kappa shape index (κ1) is 13.9. The summed E-state index contributed by atoms with van der Waals surface area (Å²) in [5.74, 6) is 4.91. The van der Waals surface area contributed by atoms with Crippen LogP contribution in [0.4, 0.5) is 0 Å². The monoisotopic (exact) mass is 242 g/mol. The van der Waals surface area contributed by atoms with Crippen molar-refractivity contribution in [2.45, 2.75) is 44.7 Å². The molecule has 0 bridgehead atoms. The molecule has 1 aliphatic rings. The number of amides is 2. The smallest absolute Gasteiger partial charge is 0.237 e. The van der Waals surface area contributed by atoms with Crippen LogP contribution in [0.15, 0.2) is 0 Å². The number of likely N-dealkylation sites (N-methyl/N-ethyl adjacent to an activating group) is 1. The number of hydrogen-bond acceptors (Lipinski definition) is 4. The summed E-state index contributed by atoms with van der Waals surface area (Å²) in [4.78, 5) is 25.1. The summed E-state index contributed by atoms with van der Waals surface area (Å²) < 4.78 is 0. The van der Waals surface area contributed by atoms with Crippen LogP contribution in [0.5, 0.6) is 0 Å². The van der Waals surface area contributed by atoms with Crippen molar-refractivity contribution in [3.05, 3.63) is 0 Å². The minimum Gasteiger partial charge on any atom is -0.358 e. The second kappa shape index (κ2) is 6.56. The van der Waals surface area contributed by atoms with E-state index in [4.69, 9.17) is 5.84 Å². The summed E-state index contributed by atoms with van der Waals surface area (Å²) in [6.45, 7) is 2.81. The Morgan fingerprint density at radius 3 is 2.76 bits per heavy atom. The average molecular weight is 242 g/mol. The zero-order valence-electron chi connectivity index (χ0n) is 10.5. The van der Waals surface area contributed by atoms with Crippen LogP contribution in [0.3, 0.4) is 0 Å². The zero-order valence-corrected chi connectivity index (χ0v) is 10.5. The maximum absolute atomic E-state index is 11.8. The Labute approximate surface area is 102 Å². The van der Waals surface area contributed by atoms with E-state index in [0.29, 0.717) is 6.42 Å². The highest BCUT2D eigenvalue weighted by molar-refractivity contribution is 5.81. The van der Waals surface area contributed by atoms with E-state index in [9.17, 15) is 9.59 Å². The SMILES string of the molecule is CNC(=O)C1CCCCN1C(C)CC(=O)NN. The van der Waals surface area contributed by atoms with Gasteiger partial charge in [0.05, 0.1) is 6.04 Å². The zero-order chi connectivity index (χ0) is 12.8. The van der Waals surface area contributed by atoms with Gasteiger partial charge in [0, 0.05) is 19.5 Å². The number of hydrogen-bond donors (Lipinski definition) is 3. The molecule has 0 aromatic rings. The second-order valence-corrected chi connectivity index (χ2v) is 4.48. The van der Waals surface area contributed by atoms with Crippen molar-refractivity contribution in [3.63, 3.8) is 0 Å². The maximum atomic E-state index is 11.8. The predicted octanol–water partition coefficient (Wildman–Crippen LogP) is -0.645. The quantitative estimate of drug-likeness (QED) is 0.347. The largest absolute Gasteiger partial charge is 0.358 e. The van der Waals surface area contributed by atoms with Gasteiger partial charge >= 0.3 is 0 Å². The van der Waals surface area contributed by atoms with Gasteiger partial charge in [-0.25, -0.2) is 5.84 Å². The van der Waals surface area contributed by atoms with Crippen molar-refractivity contribution in [1.29, 1.82) is 0 Å². The molecule has 2 amide bonds. The first-order valence-electron chi connectivity index (χ1n) is 6.07. The summed E-state index contributed by atoms with van der Waals surface area (Å²) in [6.07, 6.45) is 3.31. The molecule has 6 nitrogen and oxygen atoms in total. The van der Waals surface area contributed by atoms with Crippen LogP contribution in [0.1, 0.15) is 32.6 Å². The molecule has 2 atom stereocenters. The number of nitrogens with zero attached hydrogens (tertiary/aromatic N) is 1. The van der Waals surface area contributed by atoms with E-state index in [1.807, 2.05) is 6.92 Å². The van der Waals surface area contributed by atoms with Gasteiger partial charge in [-0.1, -0.05) is 6.42 Å². The Kier molecular flexibility index (Phi) is 5.37. The van der Waals surface area contributed by atoms with E-state index in [0.717, 1.165) is 25.8 Å². The van der Waals surface area contributed by atoms with Crippen LogP contribution in [0, 0.1) is 0 Å². The molecule has 1 rings (SSSR count). The van der Waals surface area contributed by atoms with Gasteiger partial charge in [0.15, 0.2) is 0 Å². The fourth-order valence-corrected chi connectivity index (χ4v) is 2.37. The number of carbonyl (C=O) groups excluding carboxylic acids is 2. The van der Waals surface area contributed by atoms with E-state index in [1.165, 1.54) is 0 Å².